The smallest absolute Gasteiger partial charge is 0.261 e. The first-order valence-corrected chi connectivity index (χ1v) is 6.14. The number of carbonyl (C=O) groups excluding carboxylic acids is 1. The van der Waals surface area contributed by atoms with Gasteiger partial charge in [0.25, 0.3) is 5.91 Å². The first-order valence-electron chi connectivity index (χ1n) is 6.14. The van der Waals surface area contributed by atoms with E-state index >= 15 is 0 Å². The maximum Gasteiger partial charge on any atom is 0.261 e. The molecule has 3 N–H and O–H groups in total. The van der Waals surface area contributed by atoms with Crippen LogP contribution >= 0.6 is 0 Å². The summed E-state index contributed by atoms with van der Waals surface area (Å²) < 4.78 is 23.5. The predicted octanol–water partition coefficient (Wildman–Crippen LogP) is 2.68. The molecule has 2 aromatic carbocycles. The third kappa shape index (κ3) is 3.05. The van der Waals surface area contributed by atoms with Crippen LogP contribution in [0, 0.1) is 5.82 Å². The number of amides is 1. The Labute approximate surface area is 121 Å². The molecule has 0 aliphatic rings. The number of nitrogen functional groups attached to an aromatic ring is 1. The zero-order valence-corrected chi connectivity index (χ0v) is 11.6. The van der Waals surface area contributed by atoms with E-state index in [0.717, 1.165) is 0 Å². The van der Waals surface area contributed by atoms with Gasteiger partial charge in [0.1, 0.15) is 11.3 Å². The quantitative estimate of drug-likeness (QED) is 0.849. The van der Waals surface area contributed by atoms with Gasteiger partial charge in [0, 0.05) is 17.4 Å². The number of nitrogens with two attached hydrogens (primary N) is 1. The fourth-order valence-corrected chi connectivity index (χ4v) is 1.90. The van der Waals surface area contributed by atoms with Gasteiger partial charge in [0.2, 0.25) is 0 Å². The summed E-state index contributed by atoms with van der Waals surface area (Å²) in [5.41, 5.74) is 6.57. The van der Waals surface area contributed by atoms with Crippen molar-refractivity contribution in [2.24, 2.45) is 0 Å². The van der Waals surface area contributed by atoms with Crippen LogP contribution < -0.4 is 20.5 Å². The zero-order chi connectivity index (χ0) is 15.4. The van der Waals surface area contributed by atoms with Crippen molar-refractivity contribution in [2.45, 2.75) is 0 Å². The van der Waals surface area contributed by atoms with Gasteiger partial charge in [-0.1, -0.05) is 6.07 Å². The molecule has 0 aliphatic carbocycles. The normalized spacial score (nSPS) is 10.0. The standard InChI is InChI=1S/C15H15FN2O3/c1-20-12-7-6-9(8-10(12)16)18-15(19)14-11(17)4-3-5-13(14)21-2/h3-8H,17H2,1-2H3,(H,18,19). The van der Waals surface area contributed by atoms with Crippen molar-refractivity contribution in [1.82, 2.24) is 0 Å². The molecule has 2 rings (SSSR count). The minimum absolute atomic E-state index is 0.102. The van der Waals surface area contributed by atoms with Crippen LogP contribution in [-0.4, -0.2) is 20.1 Å². The summed E-state index contributed by atoms with van der Waals surface area (Å²) >= 11 is 0. The van der Waals surface area contributed by atoms with Crippen molar-refractivity contribution in [2.75, 3.05) is 25.3 Å². The van der Waals surface area contributed by atoms with Gasteiger partial charge < -0.3 is 20.5 Å². The molecule has 0 spiro atoms. The van der Waals surface area contributed by atoms with E-state index in [1.165, 1.54) is 32.4 Å². The Morgan fingerprint density at radius 3 is 2.48 bits per heavy atom. The summed E-state index contributed by atoms with van der Waals surface area (Å²) in [6, 6.07) is 9.02. The molecule has 0 heterocycles. The minimum atomic E-state index is -0.566. The Kier molecular flexibility index (Phi) is 4.27. The Balaban J connectivity index is 2.28. The number of halogens is 1. The lowest BCUT2D eigenvalue weighted by atomic mass is 10.1. The first kappa shape index (κ1) is 14.6. The molecule has 0 bridgehead atoms. The number of methoxy groups -OCH3 is 2. The Hall–Kier alpha value is -2.76. The summed E-state index contributed by atoms with van der Waals surface area (Å²) in [7, 11) is 2.81. The Bertz CT molecular complexity index is 674. The largest absolute Gasteiger partial charge is 0.496 e. The van der Waals surface area contributed by atoms with E-state index in [9.17, 15) is 9.18 Å². The highest BCUT2D eigenvalue weighted by atomic mass is 19.1. The molecule has 0 unspecified atom stereocenters. The van der Waals surface area contributed by atoms with E-state index in [1.807, 2.05) is 0 Å². The lowest BCUT2D eigenvalue weighted by molar-refractivity contribution is 0.102. The van der Waals surface area contributed by atoms with E-state index in [1.54, 1.807) is 18.2 Å². The lowest BCUT2D eigenvalue weighted by Gasteiger charge is -2.12. The number of carbonyl (C=O) groups is 1. The lowest BCUT2D eigenvalue weighted by Crippen LogP contribution is -2.15. The summed E-state index contributed by atoms with van der Waals surface area (Å²) in [5.74, 6) is -0.593. The second-order valence-corrected chi connectivity index (χ2v) is 4.23. The fraction of sp³-hybridized carbons (Fsp3) is 0.133. The molecule has 0 saturated carbocycles. The van der Waals surface area contributed by atoms with Gasteiger partial charge >= 0.3 is 0 Å². The van der Waals surface area contributed by atoms with Gasteiger partial charge in [-0.25, -0.2) is 4.39 Å². The van der Waals surface area contributed by atoms with Crippen LogP contribution in [-0.2, 0) is 0 Å². The van der Waals surface area contributed by atoms with E-state index in [2.05, 4.69) is 5.32 Å². The summed E-state index contributed by atoms with van der Waals surface area (Å²) in [4.78, 5) is 12.3. The highest BCUT2D eigenvalue weighted by Gasteiger charge is 2.16. The van der Waals surface area contributed by atoms with Gasteiger partial charge in [0.05, 0.1) is 14.2 Å². The van der Waals surface area contributed by atoms with Crippen LogP contribution in [0.5, 0.6) is 11.5 Å². The number of hydrogen-bond donors (Lipinski definition) is 2. The van der Waals surface area contributed by atoms with Crippen LogP contribution in [0.3, 0.4) is 0 Å². The van der Waals surface area contributed by atoms with Crippen molar-refractivity contribution < 1.29 is 18.7 Å². The van der Waals surface area contributed by atoms with Gasteiger partial charge in [-0.05, 0) is 24.3 Å². The molecule has 0 fully saturated rings. The van der Waals surface area contributed by atoms with Crippen LogP contribution in [0.4, 0.5) is 15.8 Å². The third-order valence-electron chi connectivity index (χ3n) is 2.92. The van der Waals surface area contributed by atoms with Crippen LogP contribution in [0.2, 0.25) is 0 Å². The fourth-order valence-electron chi connectivity index (χ4n) is 1.90. The maximum atomic E-state index is 13.6. The maximum absolute atomic E-state index is 13.6. The molecule has 0 radical (unpaired) electrons. The summed E-state index contributed by atoms with van der Waals surface area (Å²) in [5, 5.41) is 2.57. The second-order valence-electron chi connectivity index (χ2n) is 4.23. The molecule has 1 amide bonds. The Morgan fingerprint density at radius 1 is 1.14 bits per heavy atom. The van der Waals surface area contributed by atoms with Crippen molar-refractivity contribution >= 4 is 17.3 Å². The first-order chi connectivity index (χ1) is 10.1. The number of benzene rings is 2. The number of rotatable bonds is 4. The SMILES string of the molecule is COc1ccc(NC(=O)c2c(N)cccc2OC)cc1F. The van der Waals surface area contributed by atoms with E-state index in [-0.39, 0.29) is 17.0 Å². The molecule has 21 heavy (non-hydrogen) atoms. The van der Waals surface area contributed by atoms with Crippen molar-refractivity contribution in [3.8, 4) is 11.5 Å². The van der Waals surface area contributed by atoms with Crippen molar-refractivity contribution in [3.63, 3.8) is 0 Å². The number of hydrogen-bond acceptors (Lipinski definition) is 4. The van der Waals surface area contributed by atoms with Gasteiger partial charge in [-0.2, -0.15) is 0 Å². The highest BCUT2D eigenvalue weighted by molar-refractivity contribution is 6.09. The summed E-state index contributed by atoms with van der Waals surface area (Å²) in [6.45, 7) is 0. The molecule has 0 saturated heterocycles. The minimum Gasteiger partial charge on any atom is -0.496 e. The van der Waals surface area contributed by atoms with E-state index in [4.69, 9.17) is 15.2 Å². The van der Waals surface area contributed by atoms with Crippen LogP contribution in [0.15, 0.2) is 36.4 Å². The molecule has 2 aromatic rings. The average Bonchev–Trinajstić information content (AvgIpc) is 2.46. The second kappa shape index (κ2) is 6.13. The zero-order valence-electron chi connectivity index (χ0n) is 11.6. The predicted molar refractivity (Wildman–Crippen MR) is 78.3 cm³/mol. The van der Waals surface area contributed by atoms with Gasteiger partial charge in [-0.15, -0.1) is 0 Å². The molecular formula is C15H15FN2O3. The molecular weight excluding hydrogens is 275 g/mol. The van der Waals surface area contributed by atoms with Crippen molar-refractivity contribution in [3.05, 3.63) is 47.8 Å². The molecule has 110 valence electrons. The molecule has 6 heteroatoms. The molecule has 5 nitrogen and oxygen atoms in total. The molecule has 0 atom stereocenters. The van der Waals surface area contributed by atoms with Gasteiger partial charge in [-0.3, -0.25) is 4.79 Å². The van der Waals surface area contributed by atoms with Crippen LogP contribution in [0.25, 0.3) is 0 Å². The topological polar surface area (TPSA) is 73.6 Å². The van der Waals surface area contributed by atoms with Crippen LogP contribution in [0.1, 0.15) is 10.4 Å². The monoisotopic (exact) mass is 290 g/mol. The number of anilines is 2. The molecule has 0 aromatic heterocycles. The molecule has 0 aliphatic heterocycles. The number of ether oxygens (including phenoxy) is 2. The summed E-state index contributed by atoms with van der Waals surface area (Å²) in [6.07, 6.45) is 0. The van der Waals surface area contributed by atoms with Gasteiger partial charge in [0.15, 0.2) is 11.6 Å². The third-order valence-corrected chi connectivity index (χ3v) is 2.92. The van der Waals surface area contributed by atoms with Crippen molar-refractivity contribution in [1.29, 1.82) is 0 Å². The van der Waals surface area contributed by atoms with E-state index in [0.29, 0.717) is 11.4 Å². The van der Waals surface area contributed by atoms with E-state index < -0.39 is 11.7 Å². The number of nitrogens with one attached hydrogen (secondary N) is 1. The Morgan fingerprint density at radius 2 is 1.86 bits per heavy atom. The highest BCUT2D eigenvalue weighted by Crippen LogP contribution is 2.26. The average molecular weight is 290 g/mol.